The van der Waals surface area contributed by atoms with Crippen LogP contribution in [-0.4, -0.2) is 23.4 Å². The Kier molecular flexibility index (Phi) is 3.85. The maximum Gasteiger partial charge on any atom is 0.126 e. The third-order valence-electron chi connectivity index (χ3n) is 2.02. The molecule has 14 heavy (non-hydrogen) atoms. The van der Waals surface area contributed by atoms with E-state index in [1.165, 1.54) is 12.1 Å². The maximum absolute atomic E-state index is 12.6. The number of nitrogens with one attached hydrogen (secondary N) is 1. The molecule has 0 fully saturated rings. The summed E-state index contributed by atoms with van der Waals surface area (Å²) in [5.41, 5.74) is 0.625. The van der Waals surface area contributed by atoms with Crippen molar-refractivity contribution in [3.8, 4) is 5.75 Å². The van der Waals surface area contributed by atoms with Gasteiger partial charge in [0.25, 0.3) is 0 Å². The summed E-state index contributed by atoms with van der Waals surface area (Å²) >= 11 is 0. The summed E-state index contributed by atoms with van der Waals surface area (Å²) in [4.78, 5) is 0. The highest BCUT2D eigenvalue weighted by Crippen LogP contribution is 2.24. The number of benzene rings is 1. The van der Waals surface area contributed by atoms with Crippen LogP contribution in [0.3, 0.4) is 0 Å². The van der Waals surface area contributed by atoms with Crippen LogP contribution >= 0.6 is 0 Å². The zero-order valence-corrected chi connectivity index (χ0v) is 8.00. The molecule has 1 rings (SSSR count). The van der Waals surface area contributed by atoms with E-state index in [0.29, 0.717) is 12.1 Å². The summed E-state index contributed by atoms with van der Waals surface area (Å²) in [5.74, 6) is -0.524. The first kappa shape index (κ1) is 10.9. The van der Waals surface area contributed by atoms with Crippen LogP contribution in [0.25, 0.3) is 0 Å². The summed E-state index contributed by atoms with van der Waals surface area (Å²) in [6.07, 6.45) is 0. The molecule has 0 aliphatic rings. The fourth-order valence-electron chi connectivity index (χ4n) is 1.27. The predicted molar refractivity (Wildman–Crippen MR) is 51.6 cm³/mol. The lowest BCUT2D eigenvalue weighted by atomic mass is 10.1. The average Bonchev–Trinajstić information content (AvgIpc) is 2.14. The van der Waals surface area contributed by atoms with Crippen molar-refractivity contribution in [2.75, 3.05) is 13.2 Å². The Morgan fingerprint density at radius 3 is 2.79 bits per heavy atom. The monoisotopic (exact) mass is 199 g/mol. The molecule has 0 bridgehead atoms. The van der Waals surface area contributed by atoms with Gasteiger partial charge >= 0.3 is 0 Å². The van der Waals surface area contributed by atoms with Gasteiger partial charge in [-0.3, -0.25) is 0 Å². The third-order valence-corrected chi connectivity index (χ3v) is 2.02. The second-order valence-electron chi connectivity index (χ2n) is 3.10. The molecule has 0 radical (unpaired) electrons. The molecule has 1 aromatic carbocycles. The molecule has 0 heterocycles. The first-order valence-electron chi connectivity index (χ1n) is 4.48. The second-order valence-corrected chi connectivity index (χ2v) is 3.10. The molecule has 3 N–H and O–H groups in total. The van der Waals surface area contributed by atoms with Gasteiger partial charge in [0.05, 0.1) is 6.61 Å². The predicted octanol–water partition coefficient (Wildman–Crippen LogP) is 1.17. The molecule has 0 saturated carbocycles. The van der Waals surface area contributed by atoms with Gasteiger partial charge in [0.1, 0.15) is 11.6 Å². The lowest BCUT2D eigenvalue weighted by molar-refractivity contribution is 0.285. The van der Waals surface area contributed by atoms with Crippen molar-refractivity contribution in [2.45, 2.75) is 13.0 Å². The highest BCUT2D eigenvalue weighted by atomic mass is 19.1. The van der Waals surface area contributed by atoms with Crippen LogP contribution < -0.4 is 5.32 Å². The molecule has 1 unspecified atom stereocenters. The van der Waals surface area contributed by atoms with Crippen molar-refractivity contribution in [3.05, 3.63) is 29.6 Å². The summed E-state index contributed by atoms with van der Waals surface area (Å²) in [5, 5.41) is 21.0. The van der Waals surface area contributed by atoms with E-state index in [2.05, 4.69) is 5.32 Å². The number of aliphatic hydroxyl groups excluding tert-OH is 1. The zero-order valence-electron chi connectivity index (χ0n) is 8.00. The van der Waals surface area contributed by atoms with Crippen LogP contribution in [0.5, 0.6) is 5.75 Å². The summed E-state index contributed by atoms with van der Waals surface area (Å²) in [6, 6.07) is 3.79. The minimum Gasteiger partial charge on any atom is -0.508 e. The van der Waals surface area contributed by atoms with Gasteiger partial charge in [0, 0.05) is 24.2 Å². The van der Waals surface area contributed by atoms with Crippen molar-refractivity contribution >= 4 is 0 Å². The molecular weight excluding hydrogens is 185 g/mol. The summed E-state index contributed by atoms with van der Waals surface area (Å²) < 4.78 is 12.6. The highest BCUT2D eigenvalue weighted by molar-refractivity contribution is 5.34. The summed E-state index contributed by atoms with van der Waals surface area (Å²) in [7, 11) is 0. The smallest absolute Gasteiger partial charge is 0.126 e. The van der Waals surface area contributed by atoms with Gasteiger partial charge in [-0.15, -0.1) is 0 Å². The van der Waals surface area contributed by atoms with Crippen molar-refractivity contribution in [3.63, 3.8) is 0 Å². The van der Waals surface area contributed by atoms with E-state index in [4.69, 9.17) is 5.11 Å². The van der Waals surface area contributed by atoms with Gasteiger partial charge in [0.2, 0.25) is 0 Å². The number of rotatable bonds is 4. The molecule has 1 aromatic rings. The molecule has 0 amide bonds. The van der Waals surface area contributed by atoms with Gasteiger partial charge in [-0.05, 0) is 13.0 Å². The SMILES string of the molecule is CC(NCCO)c1ccc(F)cc1O. The molecular formula is C10H14FNO2. The first-order chi connectivity index (χ1) is 6.65. The van der Waals surface area contributed by atoms with E-state index in [9.17, 15) is 9.50 Å². The number of hydrogen-bond acceptors (Lipinski definition) is 3. The van der Waals surface area contributed by atoms with Crippen molar-refractivity contribution in [1.82, 2.24) is 5.32 Å². The van der Waals surface area contributed by atoms with Gasteiger partial charge < -0.3 is 15.5 Å². The standard InChI is InChI=1S/C10H14FNO2/c1-7(12-4-5-13)9-3-2-8(11)6-10(9)14/h2-3,6-7,12-14H,4-5H2,1H3. The Hall–Kier alpha value is -1.13. The minimum atomic E-state index is -0.458. The zero-order chi connectivity index (χ0) is 10.6. The Morgan fingerprint density at radius 2 is 2.21 bits per heavy atom. The Labute approximate surface area is 82.2 Å². The van der Waals surface area contributed by atoms with E-state index in [1.807, 2.05) is 6.92 Å². The molecule has 4 heteroatoms. The van der Waals surface area contributed by atoms with Crippen LogP contribution in [0.2, 0.25) is 0 Å². The summed E-state index contributed by atoms with van der Waals surface area (Å²) in [6.45, 7) is 2.31. The number of aromatic hydroxyl groups is 1. The number of aliphatic hydroxyl groups is 1. The topological polar surface area (TPSA) is 52.5 Å². The van der Waals surface area contributed by atoms with Crippen LogP contribution in [-0.2, 0) is 0 Å². The minimum absolute atomic E-state index is 0.0340. The van der Waals surface area contributed by atoms with E-state index in [1.54, 1.807) is 0 Å². The van der Waals surface area contributed by atoms with E-state index < -0.39 is 5.82 Å². The van der Waals surface area contributed by atoms with Crippen LogP contribution in [0.1, 0.15) is 18.5 Å². The highest BCUT2D eigenvalue weighted by Gasteiger charge is 2.09. The third kappa shape index (κ3) is 2.68. The van der Waals surface area contributed by atoms with E-state index in [-0.39, 0.29) is 18.4 Å². The lowest BCUT2D eigenvalue weighted by Gasteiger charge is -2.14. The molecule has 3 nitrogen and oxygen atoms in total. The fourth-order valence-corrected chi connectivity index (χ4v) is 1.27. The maximum atomic E-state index is 12.6. The number of halogens is 1. The van der Waals surface area contributed by atoms with Gasteiger partial charge in [0.15, 0.2) is 0 Å². The largest absolute Gasteiger partial charge is 0.508 e. The lowest BCUT2D eigenvalue weighted by Crippen LogP contribution is -2.22. The first-order valence-corrected chi connectivity index (χ1v) is 4.48. The molecule has 0 aliphatic carbocycles. The quantitative estimate of drug-likeness (QED) is 0.682. The number of hydrogen-bond donors (Lipinski definition) is 3. The number of phenolic OH excluding ortho intramolecular Hbond substituents is 1. The average molecular weight is 199 g/mol. The fraction of sp³-hybridized carbons (Fsp3) is 0.400. The van der Waals surface area contributed by atoms with Crippen LogP contribution in [0.4, 0.5) is 4.39 Å². The van der Waals surface area contributed by atoms with Crippen LogP contribution in [0, 0.1) is 5.82 Å². The van der Waals surface area contributed by atoms with Crippen molar-refractivity contribution < 1.29 is 14.6 Å². The van der Waals surface area contributed by atoms with Gasteiger partial charge in [-0.1, -0.05) is 6.07 Å². The van der Waals surface area contributed by atoms with Gasteiger partial charge in [-0.25, -0.2) is 4.39 Å². The van der Waals surface area contributed by atoms with E-state index >= 15 is 0 Å². The molecule has 0 spiro atoms. The number of phenols is 1. The van der Waals surface area contributed by atoms with Crippen molar-refractivity contribution in [2.24, 2.45) is 0 Å². The molecule has 1 atom stereocenters. The van der Waals surface area contributed by atoms with Crippen LogP contribution in [0.15, 0.2) is 18.2 Å². The second kappa shape index (κ2) is 4.93. The Morgan fingerprint density at radius 1 is 1.50 bits per heavy atom. The molecule has 0 saturated heterocycles. The van der Waals surface area contributed by atoms with Crippen molar-refractivity contribution in [1.29, 1.82) is 0 Å². The molecule has 0 aliphatic heterocycles. The molecule has 0 aromatic heterocycles. The normalized spacial score (nSPS) is 12.8. The molecule has 78 valence electrons. The Bertz CT molecular complexity index is 304. The Balaban J connectivity index is 2.74. The van der Waals surface area contributed by atoms with Gasteiger partial charge in [-0.2, -0.15) is 0 Å². The van der Waals surface area contributed by atoms with E-state index in [0.717, 1.165) is 6.07 Å².